The Bertz CT molecular complexity index is 1940. The first-order valence-electron chi connectivity index (χ1n) is 14.8. The van der Waals surface area contributed by atoms with Crippen LogP contribution in [0.15, 0.2) is 87.5 Å². The van der Waals surface area contributed by atoms with E-state index >= 15 is 0 Å². The van der Waals surface area contributed by atoms with Gasteiger partial charge >= 0.3 is 52.4 Å². The highest BCUT2D eigenvalue weighted by atomic mass is 32.2. The van der Waals surface area contributed by atoms with Crippen LogP contribution in [0, 0.1) is 5.41 Å². The fourth-order valence-corrected chi connectivity index (χ4v) is 6.93. The highest BCUT2D eigenvalue weighted by molar-refractivity contribution is 7.97. The molecule has 0 aliphatic rings. The lowest BCUT2D eigenvalue weighted by molar-refractivity contribution is -0.431. The van der Waals surface area contributed by atoms with Crippen LogP contribution in [0.25, 0.3) is 0 Å². The molecule has 0 radical (unpaired) electrons. The predicted octanol–water partition coefficient (Wildman–Crippen LogP) is 9.86. The van der Waals surface area contributed by atoms with Gasteiger partial charge in [-0.1, -0.05) is 0 Å². The first-order chi connectivity index (χ1) is 26.3. The summed E-state index contributed by atoms with van der Waals surface area (Å²) in [6.07, 6.45) is -44.3. The van der Waals surface area contributed by atoms with Crippen LogP contribution in [0.1, 0.15) is 0 Å². The van der Waals surface area contributed by atoms with Crippen molar-refractivity contribution >= 4 is 21.0 Å². The minimum absolute atomic E-state index is 0.127. The zero-order chi connectivity index (χ0) is 45.6. The number of aliphatic hydroxyl groups is 1. The summed E-state index contributed by atoms with van der Waals surface area (Å²) in [7, 11) is -8.59. The van der Waals surface area contributed by atoms with E-state index in [0.717, 1.165) is 36.4 Å². The number of hydrogen-bond donors (Lipinski definition) is 2. The first-order valence-corrected chi connectivity index (χ1v) is 17.4. The molecule has 0 aromatic heterocycles. The molecule has 0 saturated carbocycles. The number of benzene rings is 3. The third-order valence-corrected chi connectivity index (χ3v) is 10.8. The smallest absolute Gasteiger partial charge is 0.432 e. The summed E-state index contributed by atoms with van der Waals surface area (Å²) in [5.74, 6) is -2.98. The minimum Gasteiger partial charge on any atom is -0.492 e. The van der Waals surface area contributed by atoms with Gasteiger partial charge in [-0.15, -0.1) is 0 Å². The second-order valence-corrected chi connectivity index (χ2v) is 15.1. The highest BCUT2D eigenvalue weighted by Gasteiger charge is 2.84. The van der Waals surface area contributed by atoms with Crippen LogP contribution < -0.4 is 14.2 Å². The van der Waals surface area contributed by atoms with Crippen molar-refractivity contribution < 1.29 is 120 Å². The maximum absolute atomic E-state index is 14.0. The maximum Gasteiger partial charge on any atom is 0.432 e. The van der Waals surface area contributed by atoms with Crippen LogP contribution in [-0.4, -0.2) is 85.3 Å². The van der Waals surface area contributed by atoms with E-state index < -0.39 is 111 Å². The summed E-state index contributed by atoms with van der Waals surface area (Å²) in [5.41, 5.74) is -11.8. The first kappa shape index (κ1) is 49.2. The Morgan fingerprint density at radius 2 is 0.797 bits per heavy atom. The van der Waals surface area contributed by atoms with Crippen molar-refractivity contribution in [2.24, 2.45) is 5.41 Å². The summed E-state index contributed by atoms with van der Waals surface area (Å²) in [6.45, 7) is -5.52. The lowest BCUT2D eigenvalue weighted by atomic mass is 9.86. The summed E-state index contributed by atoms with van der Waals surface area (Å²) in [5, 5.41) is 3.32. The molecule has 2 atom stereocenters. The normalized spacial score (nSPS) is 15.4. The van der Waals surface area contributed by atoms with Gasteiger partial charge in [0.2, 0.25) is 0 Å². The number of ether oxygens (including phenoxy) is 3. The fourth-order valence-electron chi connectivity index (χ4n) is 4.44. The quantitative estimate of drug-likeness (QED) is 0.100. The topological polar surface area (TPSA) is 102 Å². The molecule has 2 N–H and O–H groups in total. The van der Waals surface area contributed by atoms with Gasteiger partial charge in [0.1, 0.15) is 30.5 Å². The van der Waals surface area contributed by atoms with Gasteiger partial charge in [-0.3, -0.25) is 4.55 Å². The van der Waals surface area contributed by atoms with Crippen LogP contribution in [0.3, 0.4) is 0 Å². The molecule has 0 bridgehead atoms. The Hall–Kier alpha value is -4.12. The van der Waals surface area contributed by atoms with Gasteiger partial charge in [0, 0.05) is 0 Å². The van der Waals surface area contributed by atoms with E-state index in [9.17, 15) is 101 Å². The number of hydrogen-bond acceptors (Lipinski definition) is 6. The molecule has 0 amide bonds. The standard InChI is InChI=1S/C30H18F20O7S2/c31-24(32,33)21(25(34,35)59(52,53)54)57-17-5-11-20(12-6-17)58(19-9-3-16(4-10-19)56-14-23(51,29(45,46)47)30(48,49)50)18-7-1-15(2-8-18)55-13-22(26(36,37)38,27(39,40)41)28(42,43)44/h1-12,21,51H,13-14H2/p+1. The molecule has 0 fully saturated rings. The molecule has 0 spiro atoms. The Kier molecular flexibility index (Phi) is 13.4. The van der Waals surface area contributed by atoms with Gasteiger partial charge in [-0.2, -0.15) is 96.2 Å². The summed E-state index contributed by atoms with van der Waals surface area (Å²) < 4.78 is 310. The van der Waals surface area contributed by atoms with E-state index in [1.807, 2.05) is 0 Å². The second-order valence-electron chi connectivity index (χ2n) is 11.6. The van der Waals surface area contributed by atoms with Crippen molar-refractivity contribution in [3.63, 3.8) is 0 Å². The highest BCUT2D eigenvalue weighted by Crippen LogP contribution is 2.59. The molecule has 3 rings (SSSR count). The van der Waals surface area contributed by atoms with Crippen molar-refractivity contribution in [2.75, 3.05) is 13.2 Å². The van der Waals surface area contributed by atoms with Crippen molar-refractivity contribution in [3.05, 3.63) is 72.8 Å². The van der Waals surface area contributed by atoms with E-state index in [4.69, 9.17) is 4.55 Å². The van der Waals surface area contributed by atoms with Gasteiger partial charge in [0.25, 0.3) is 17.1 Å². The van der Waals surface area contributed by atoms with E-state index in [0.29, 0.717) is 36.4 Å². The molecule has 0 aliphatic heterocycles. The maximum atomic E-state index is 14.0. The fraction of sp³-hybridized carbons (Fsp3) is 0.400. The van der Waals surface area contributed by atoms with E-state index in [-0.39, 0.29) is 14.7 Å². The molecule has 0 aliphatic carbocycles. The van der Waals surface area contributed by atoms with Crippen molar-refractivity contribution in [1.29, 1.82) is 0 Å². The second kappa shape index (κ2) is 16.1. The van der Waals surface area contributed by atoms with E-state index in [2.05, 4.69) is 14.2 Å². The van der Waals surface area contributed by atoms with Gasteiger partial charge in [0.15, 0.2) is 14.7 Å². The predicted molar refractivity (Wildman–Crippen MR) is 157 cm³/mol. The number of rotatable bonds is 13. The Balaban J connectivity index is 2.09. The van der Waals surface area contributed by atoms with Gasteiger partial charge in [-0.25, -0.2) is 0 Å². The van der Waals surface area contributed by atoms with Crippen LogP contribution in [0.2, 0.25) is 0 Å². The SMILES string of the molecule is O=S(=O)(O)C(F)(F)C(Oc1ccc([S+](c2ccc(OCC(O)(C(F)(F)F)C(F)(F)F)cc2)c2ccc(OCC(C(F)(F)F)(C(F)(F)F)C(F)(F)F)cc2)cc1)C(F)(F)F. The van der Waals surface area contributed by atoms with Crippen molar-refractivity contribution in [3.8, 4) is 17.2 Å². The summed E-state index contributed by atoms with van der Waals surface area (Å²) >= 11 is 0. The molecule has 7 nitrogen and oxygen atoms in total. The Morgan fingerprint density at radius 3 is 1.07 bits per heavy atom. The molecule has 29 heteroatoms. The number of alkyl halides is 20. The molecular weight excluding hydrogens is 916 g/mol. The lowest BCUT2D eigenvalue weighted by Gasteiger charge is -2.38. The molecule has 0 saturated heterocycles. The lowest BCUT2D eigenvalue weighted by Crippen LogP contribution is -2.62. The largest absolute Gasteiger partial charge is 0.492 e. The number of halogens is 20. The molecule has 332 valence electrons. The average Bonchev–Trinajstić information content (AvgIpc) is 3.04. The summed E-state index contributed by atoms with van der Waals surface area (Å²) in [4.78, 5) is -0.487. The Labute approximate surface area is 318 Å². The van der Waals surface area contributed by atoms with Gasteiger partial charge in [-0.05, 0) is 72.8 Å². The monoisotopic (exact) mass is 935 g/mol. The van der Waals surface area contributed by atoms with Gasteiger partial charge < -0.3 is 19.3 Å². The van der Waals surface area contributed by atoms with Crippen molar-refractivity contribution in [1.82, 2.24) is 0 Å². The molecule has 59 heavy (non-hydrogen) atoms. The zero-order valence-corrected chi connectivity index (χ0v) is 29.4. The van der Waals surface area contributed by atoms with Crippen LogP contribution in [0.4, 0.5) is 87.8 Å². The van der Waals surface area contributed by atoms with Crippen molar-refractivity contribution in [2.45, 2.75) is 68.7 Å². The third-order valence-electron chi connectivity index (χ3n) is 7.67. The molecular formula is C30H19F20O7S2+. The average molecular weight is 936 g/mol. The zero-order valence-electron chi connectivity index (χ0n) is 27.7. The Morgan fingerprint density at radius 1 is 0.492 bits per heavy atom. The van der Waals surface area contributed by atoms with E-state index in [1.165, 1.54) is 0 Å². The molecule has 0 heterocycles. The minimum atomic E-state index is -7.00. The van der Waals surface area contributed by atoms with Gasteiger partial charge in [0.05, 0.1) is 10.9 Å². The molecule has 3 aromatic carbocycles. The molecule has 3 aromatic rings. The van der Waals surface area contributed by atoms with E-state index in [1.54, 1.807) is 0 Å². The third kappa shape index (κ3) is 10.1. The molecule has 2 unspecified atom stereocenters. The summed E-state index contributed by atoms with van der Waals surface area (Å²) in [6, 6.07) is 8.43. The van der Waals surface area contributed by atoms with Crippen LogP contribution >= 0.6 is 0 Å². The van der Waals surface area contributed by atoms with Crippen LogP contribution in [0.5, 0.6) is 17.2 Å². The van der Waals surface area contributed by atoms with Crippen LogP contribution in [-0.2, 0) is 21.0 Å².